The zero-order chi connectivity index (χ0) is 16.7. The van der Waals surface area contributed by atoms with Crippen molar-refractivity contribution in [2.24, 2.45) is 10.7 Å². The standard InChI is InChI=1S/C19H25N3O.HI/c1-14(2)23-18-11-9-17(10-12-18)22-19(20)21-13-15(3)16-7-5-4-6-8-16;/h4-12,14-15H,13H2,1-3H3,(H3,20,21,22);1H. The topological polar surface area (TPSA) is 59.6 Å². The number of hydrogen-bond donors (Lipinski definition) is 2. The normalized spacial score (nSPS) is 12.4. The van der Waals surface area contributed by atoms with E-state index in [1.54, 1.807) is 0 Å². The van der Waals surface area contributed by atoms with Crippen LogP contribution in [-0.4, -0.2) is 18.6 Å². The van der Waals surface area contributed by atoms with E-state index in [0.717, 1.165) is 11.4 Å². The summed E-state index contributed by atoms with van der Waals surface area (Å²) < 4.78 is 5.61. The molecule has 0 aromatic heterocycles. The number of halogens is 1. The van der Waals surface area contributed by atoms with Gasteiger partial charge in [-0.15, -0.1) is 24.0 Å². The summed E-state index contributed by atoms with van der Waals surface area (Å²) in [6.07, 6.45) is 0.167. The number of hydrogen-bond acceptors (Lipinski definition) is 2. The van der Waals surface area contributed by atoms with Gasteiger partial charge in [-0.05, 0) is 43.7 Å². The third-order valence-corrected chi connectivity index (χ3v) is 3.40. The summed E-state index contributed by atoms with van der Waals surface area (Å²) in [5.41, 5.74) is 8.12. The summed E-state index contributed by atoms with van der Waals surface area (Å²) in [5.74, 6) is 1.60. The van der Waals surface area contributed by atoms with Gasteiger partial charge in [0, 0.05) is 18.2 Å². The molecule has 0 aliphatic rings. The van der Waals surface area contributed by atoms with E-state index in [2.05, 4.69) is 29.4 Å². The van der Waals surface area contributed by atoms with E-state index in [-0.39, 0.29) is 30.1 Å². The van der Waals surface area contributed by atoms with Crippen LogP contribution in [-0.2, 0) is 0 Å². The first kappa shape index (κ1) is 20.3. The minimum absolute atomic E-state index is 0. The van der Waals surface area contributed by atoms with E-state index >= 15 is 0 Å². The number of guanidine groups is 1. The van der Waals surface area contributed by atoms with Gasteiger partial charge in [0.15, 0.2) is 5.96 Å². The average molecular weight is 439 g/mol. The van der Waals surface area contributed by atoms with Crippen molar-refractivity contribution in [1.29, 1.82) is 0 Å². The lowest BCUT2D eigenvalue weighted by Crippen LogP contribution is -2.23. The summed E-state index contributed by atoms with van der Waals surface area (Å²) >= 11 is 0. The minimum atomic E-state index is 0. The molecule has 3 N–H and O–H groups in total. The van der Waals surface area contributed by atoms with Crippen LogP contribution in [0.15, 0.2) is 59.6 Å². The van der Waals surface area contributed by atoms with E-state index in [1.165, 1.54) is 5.56 Å². The van der Waals surface area contributed by atoms with Crippen molar-refractivity contribution in [3.63, 3.8) is 0 Å². The van der Waals surface area contributed by atoms with Crippen molar-refractivity contribution < 1.29 is 4.74 Å². The molecule has 24 heavy (non-hydrogen) atoms. The molecule has 0 fully saturated rings. The number of ether oxygens (including phenoxy) is 1. The smallest absolute Gasteiger partial charge is 0.193 e. The van der Waals surface area contributed by atoms with Crippen LogP contribution in [0.2, 0.25) is 0 Å². The van der Waals surface area contributed by atoms with Crippen molar-refractivity contribution >= 4 is 35.6 Å². The molecule has 2 rings (SSSR count). The van der Waals surface area contributed by atoms with Gasteiger partial charge in [-0.3, -0.25) is 4.99 Å². The van der Waals surface area contributed by atoms with Crippen molar-refractivity contribution in [3.8, 4) is 5.75 Å². The van der Waals surface area contributed by atoms with Crippen molar-refractivity contribution in [3.05, 3.63) is 60.2 Å². The molecule has 0 saturated carbocycles. The third-order valence-electron chi connectivity index (χ3n) is 3.40. The maximum absolute atomic E-state index is 5.96. The molecule has 2 aromatic carbocycles. The molecular weight excluding hydrogens is 413 g/mol. The average Bonchev–Trinajstić information content (AvgIpc) is 2.55. The maximum Gasteiger partial charge on any atom is 0.193 e. The first-order valence-corrected chi connectivity index (χ1v) is 7.93. The summed E-state index contributed by atoms with van der Waals surface area (Å²) in [7, 11) is 0. The van der Waals surface area contributed by atoms with Crippen LogP contribution in [0.4, 0.5) is 5.69 Å². The fourth-order valence-corrected chi connectivity index (χ4v) is 2.20. The third kappa shape index (κ3) is 6.78. The molecule has 5 heteroatoms. The van der Waals surface area contributed by atoms with Crippen molar-refractivity contribution in [2.45, 2.75) is 32.8 Å². The van der Waals surface area contributed by atoms with E-state index in [0.29, 0.717) is 18.4 Å². The van der Waals surface area contributed by atoms with Crippen molar-refractivity contribution in [2.75, 3.05) is 11.9 Å². The van der Waals surface area contributed by atoms with E-state index in [9.17, 15) is 0 Å². The largest absolute Gasteiger partial charge is 0.491 e. The van der Waals surface area contributed by atoms with Gasteiger partial charge in [-0.2, -0.15) is 0 Å². The lowest BCUT2D eigenvalue weighted by atomic mass is 10.0. The number of benzene rings is 2. The van der Waals surface area contributed by atoms with Crippen LogP contribution in [0.1, 0.15) is 32.3 Å². The second-order valence-corrected chi connectivity index (χ2v) is 5.85. The van der Waals surface area contributed by atoms with Crippen LogP contribution in [0, 0.1) is 0 Å². The van der Waals surface area contributed by atoms with E-state index in [1.807, 2.05) is 56.3 Å². The van der Waals surface area contributed by atoms with Crippen LogP contribution >= 0.6 is 24.0 Å². The highest BCUT2D eigenvalue weighted by Crippen LogP contribution is 2.17. The molecule has 0 radical (unpaired) electrons. The van der Waals surface area contributed by atoms with E-state index in [4.69, 9.17) is 10.5 Å². The Balaban J connectivity index is 0.00000288. The maximum atomic E-state index is 5.96. The van der Waals surface area contributed by atoms with Crippen LogP contribution in [0.5, 0.6) is 5.75 Å². The van der Waals surface area contributed by atoms with Gasteiger partial charge in [0.25, 0.3) is 0 Å². The predicted octanol–water partition coefficient (Wildman–Crippen LogP) is 4.62. The molecule has 0 saturated heterocycles. The zero-order valence-electron chi connectivity index (χ0n) is 14.4. The van der Waals surface area contributed by atoms with Gasteiger partial charge >= 0.3 is 0 Å². The van der Waals surface area contributed by atoms with Gasteiger partial charge < -0.3 is 15.8 Å². The summed E-state index contributed by atoms with van der Waals surface area (Å²) in [6.45, 7) is 6.80. The Morgan fingerprint density at radius 2 is 1.67 bits per heavy atom. The van der Waals surface area contributed by atoms with Gasteiger partial charge in [0.05, 0.1) is 6.10 Å². The van der Waals surface area contributed by atoms with Crippen LogP contribution in [0.3, 0.4) is 0 Å². The van der Waals surface area contributed by atoms with Crippen LogP contribution in [0.25, 0.3) is 0 Å². The van der Waals surface area contributed by atoms with Gasteiger partial charge in [0.2, 0.25) is 0 Å². The SMILES string of the molecule is CC(C)Oc1ccc(NC(N)=NCC(C)c2ccccc2)cc1.I. The van der Waals surface area contributed by atoms with Gasteiger partial charge in [0.1, 0.15) is 5.75 Å². The minimum Gasteiger partial charge on any atom is -0.491 e. The van der Waals surface area contributed by atoms with Gasteiger partial charge in [-0.1, -0.05) is 37.3 Å². The monoisotopic (exact) mass is 439 g/mol. The molecule has 130 valence electrons. The first-order chi connectivity index (χ1) is 11.0. The first-order valence-electron chi connectivity index (χ1n) is 7.93. The molecule has 0 aliphatic heterocycles. The fourth-order valence-electron chi connectivity index (χ4n) is 2.20. The second kappa shape index (κ2) is 10.2. The lowest BCUT2D eigenvalue weighted by Gasteiger charge is -2.12. The van der Waals surface area contributed by atoms with E-state index < -0.39 is 0 Å². The Kier molecular flexibility index (Phi) is 8.60. The lowest BCUT2D eigenvalue weighted by molar-refractivity contribution is 0.242. The van der Waals surface area contributed by atoms with Crippen LogP contribution < -0.4 is 15.8 Å². The number of nitrogens with two attached hydrogens (primary N) is 1. The number of rotatable bonds is 6. The number of nitrogens with zero attached hydrogens (tertiary/aromatic N) is 1. The molecule has 0 bridgehead atoms. The molecule has 4 nitrogen and oxygen atoms in total. The summed E-state index contributed by atoms with van der Waals surface area (Å²) in [4.78, 5) is 4.42. The fraction of sp³-hybridized carbons (Fsp3) is 0.316. The highest BCUT2D eigenvalue weighted by atomic mass is 127. The zero-order valence-corrected chi connectivity index (χ0v) is 16.7. The Hall–Kier alpha value is -1.76. The van der Waals surface area contributed by atoms with Gasteiger partial charge in [-0.25, -0.2) is 0 Å². The number of anilines is 1. The Morgan fingerprint density at radius 3 is 2.25 bits per heavy atom. The Morgan fingerprint density at radius 1 is 1.04 bits per heavy atom. The summed E-state index contributed by atoms with van der Waals surface area (Å²) in [6, 6.07) is 18.0. The Labute approximate surface area is 161 Å². The highest BCUT2D eigenvalue weighted by molar-refractivity contribution is 14.0. The molecule has 0 spiro atoms. The molecule has 2 aromatic rings. The molecule has 0 heterocycles. The summed E-state index contributed by atoms with van der Waals surface area (Å²) in [5, 5.41) is 3.10. The molecule has 1 unspecified atom stereocenters. The molecule has 1 atom stereocenters. The van der Waals surface area contributed by atoms with Crippen molar-refractivity contribution in [1.82, 2.24) is 0 Å². The molecule has 0 amide bonds. The highest BCUT2D eigenvalue weighted by Gasteiger charge is 2.04. The molecular formula is C19H26IN3O. The Bertz CT molecular complexity index is 627. The number of aliphatic imine (C=N–C) groups is 1. The second-order valence-electron chi connectivity index (χ2n) is 5.85. The predicted molar refractivity (Wildman–Crippen MR) is 113 cm³/mol. The number of nitrogens with one attached hydrogen (secondary N) is 1. The molecule has 0 aliphatic carbocycles. The quantitative estimate of drug-likeness (QED) is 0.392.